The van der Waals surface area contributed by atoms with E-state index in [4.69, 9.17) is 9.16 Å². The van der Waals surface area contributed by atoms with Crippen LogP contribution < -0.4 is 0 Å². The van der Waals surface area contributed by atoms with Crippen LogP contribution in [-0.4, -0.2) is 26.6 Å². The molecule has 1 saturated heterocycles. The maximum Gasteiger partial charge on any atom is 0.192 e. The summed E-state index contributed by atoms with van der Waals surface area (Å²) in [4.78, 5) is 0. The molecule has 0 radical (unpaired) electrons. The van der Waals surface area contributed by atoms with Gasteiger partial charge >= 0.3 is 0 Å². The first-order valence-electron chi connectivity index (χ1n) is 9.23. The molecule has 1 fully saturated rings. The average molecular weight is 331 g/mol. The van der Waals surface area contributed by atoms with Gasteiger partial charge in [0.25, 0.3) is 0 Å². The van der Waals surface area contributed by atoms with Crippen LogP contribution in [0.4, 0.5) is 0 Å². The van der Waals surface area contributed by atoms with E-state index in [1.54, 1.807) is 0 Å². The third kappa shape index (κ3) is 3.33. The minimum Gasteiger partial charge on any atom is -0.413 e. The maximum atomic E-state index is 6.81. The Labute approximate surface area is 142 Å². The van der Waals surface area contributed by atoms with Crippen LogP contribution in [0.5, 0.6) is 0 Å². The van der Waals surface area contributed by atoms with Gasteiger partial charge in [-0.05, 0) is 35.7 Å². The molecule has 1 aliphatic heterocycles. The molecule has 0 amide bonds. The summed E-state index contributed by atoms with van der Waals surface area (Å²) in [5.41, 5.74) is 2.67. The summed E-state index contributed by atoms with van der Waals surface area (Å²) < 4.78 is 12.9. The Hall–Kier alpha value is -0.903. The number of rotatable bonds is 6. The highest BCUT2D eigenvalue weighted by Crippen LogP contribution is 2.45. The molecule has 4 atom stereocenters. The van der Waals surface area contributed by atoms with Crippen molar-refractivity contribution in [2.45, 2.75) is 70.6 Å². The van der Waals surface area contributed by atoms with Gasteiger partial charge in [-0.3, -0.25) is 0 Å². The summed E-state index contributed by atoms with van der Waals surface area (Å²) >= 11 is 0. The molecule has 0 bridgehead atoms. The van der Waals surface area contributed by atoms with E-state index in [2.05, 4.69) is 64.1 Å². The fraction of sp³-hybridized carbons (Fsp3) is 0.600. The molecule has 3 heteroatoms. The first kappa shape index (κ1) is 16.9. The van der Waals surface area contributed by atoms with Gasteiger partial charge in [-0.2, -0.15) is 0 Å². The average Bonchev–Trinajstić information content (AvgIpc) is 3.39. The number of epoxide rings is 1. The molecule has 0 spiro atoms. The van der Waals surface area contributed by atoms with Gasteiger partial charge in [0, 0.05) is 5.92 Å². The number of fused-ring (bicyclic) bond motifs is 1. The molecule has 1 heterocycles. The van der Waals surface area contributed by atoms with Crippen LogP contribution in [0.3, 0.4) is 0 Å². The van der Waals surface area contributed by atoms with Crippen LogP contribution in [-0.2, 0) is 9.16 Å². The first-order valence-corrected chi connectivity index (χ1v) is 11.8. The van der Waals surface area contributed by atoms with Crippen molar-refractivity contribution in [3.05, 3.63) is 42.0 Å². The number of hydrogen-bond acceptors (Lipinski definition) is 2. The molecule has 1 aromatic rings. The second-order valence-electron chi connectivity index (χ2n) is 7.04. The van der Waals surface area contributed by atoms with Crippen molar-refractivity contribution in [3.8, 4) is 0 Å². The summed E-state index contributed by atoms with van der Waals surface area (Å²) in [6.07, 6.45) is 4.34. The summed E-state index contributed by atoms with van der Waals surface area (Å²) in [6, 6.07) is 14.3. The van der Waals surface area contributed by atoms with Crippen molar-refractivity contribution < 1.29 is 9.16 Å². The molecule has 3 rings (SSSR count). The van der Waals surface area contributed by atoms with Gasteiger partial charge in [-0.25, -0.2) is 0 Å². The third-order valence-corrected chi connectivity index (χ3v) is 10.6. The minimum absolute atomic E-state index is 0.280. The molecule has 126 valence electrons. The first-order chi connectivity index (χ1) is 11.1. The Kier molecular flexibility index (Phi) is 5.09. The lowest BCUT2D eigenvalue weighted by molar-refractivity contribution is 0.113. The highest BCUT2D eigenvalue weighted by atomic mass is 28.4. The third-order valence-electron chi connectivity index (χ3n) is 5.95. The highest BCUT2D eigenvalue weighted by Gasteiger charge is 2.50. The van der Waals surface area contributed by atoms with E-state index < -0.39 is 8.32 Å². The van der Waals surface area contributed by atoms with Crippen LogP contribution in [0.1, 0.15) is 39.7 Å². The molecule has 1 aromatic carbocycles. The van der Waals surface area contributed by atoms with Crippen molar-refractivity contribution in [1.29, 1.82) is 0 Å². The molecule has 1 aliphatic carbocycles. The van der Waals surface area contributed by atoms with Gasteiger partial charge in [0.05, 0.1) is 12.2 Å². The number of hydrogen-bond donors (Lipinski definition) is 0. The zero-order valence-electron chi connectivity index (χ0n) is 14.9. The maximum absolute atomic E-state index is 6.81. The summed E-state index contributed by atoms with van der Waals surface area (Å²) in [7, 11) is -1.57. The summed E-state index contributed by atoms with van der Waals surface area (Å²) in [5, 5.41) is 0. The predicted octanol–water partition coefficient (Wildman–Crippen LogP) is 5.27. The van der Waals surface area contributed by atoms with E-state index in [1.807, 2.05) is 0 Å². The normalized spacial score (nSPS) is 30.3. The molecular formula is C20H30O2Si. The van der Waals surface area contributed by atoms with Crippen LogP contribution in [0.15, 0.2) is 36.4 Å². The molecular weight excluding hydrogens is 300 g/mol. The van der Waals surface area contributed by atoms with Gasteiger partial charge in [-0.1, -0.05) is 64.1 Å². The van der Waals surface area contributed by atoms with Gasteiger partial charge < -0.3 is 9.16 Å². The van der Waals surface area contributed by atoms with E-state index in [1.165, 1.54) is 29.3 Å². The zero-order chi connectivity index (χ0) is 16.4. The smallest absolute Gasteiger partial charge is 0.192 e. The molecule has 2 nitrogen and oxygen atoms in total. The van der Waals surface area contributed by atoms with Crippen LogP contribution in [0.2, 0.25) is 18.1 Å². The monoisotopic (exact) mass is 330 g/mol. The Morgan fingerprint density at radius 1 is 1.09 bits per heavy atom. The van der Waals surface area contributed by atoms with Gasteiger partial charge in [0.1, 0.15) is 6.10 Å². The van der Waals surface area contributed by atoms with Crippen LogP contribution in [0, 0.1) is 5.92 Å². The fourth-order valence-electron chi connectivity index (χ4n) is 3.95. The molecule has 23 heavy (non-hydrogen) atoms. The van der Waals surface area contributed by atoms with E-state index in [9.17, 15) is 0 Å². The van der Waals surface area contributed by atoms with Gasteiger partial charge in [0.15, 0.2) is 8.32 Å². The largest absolute Gasteiger partial charge is 0.413 e. The lowest BCUT2D eigenvalue weighted by Crippen LogP contribution is -2.42. The van der Waals surface area contributed by atoms with Crippen LogP contribution >= 0.6 is 0 Å². The van der Waals surface area contributed by atoms with E-state index in [-0.39, 0.29) is 6.10 Å². The van der Waals surface area contributed by atoms with Crippen molar-refractivity contribution >= 4 is 13.9 Å². The van der Waals surface area contributed by atoms with Crippen molar-refractivity contribution in [2.75, 3.05) is 0 Å². The van der Waals surface area contributed by atoms with Gasteiger partial charge in [0.2, 0.25) is 0 Å². The lowest BCUT2D eigenvalue weighted by atomic mass is 9.97. The number of ether oxygens (including phenoxy) is 1. The number of benzene rings is 1. The Balaban J connectivity index is 1.81. The Bertz CT molecular complexity index is 542. The quantitative estimate of drug-likeness (QED) is 0.523. The SMILES string of the molecule is CC[Si](CC)(CC)O[C@@H]1CC=C(c2ccccc2)[C@H]2O[C@H]2[C@H]1C. The van der Waals surface area contributed by atoms with E-state index >= 15 is 0 Å². The van der Waals surface area contributed by atoms with Crippen molar-refractivity contribution in [3.63, 3.8) is 0 Å². The lowest BCUT2D eigenvalue weighted by Gasteiger charge is -2.35. The van der Waals surface area contributed by atoms with Gasteiger partial charge in [-0.15, -0.1) is 0 Å². The molecule has 0 N–H and O–H groups in total. The standard InChI is InChI=1S/C20H30O2Si/c1-5-23(6-2,7-3)22-18-14-13-17(16-11-9-8-10-12-16)20-19(21-20)15(18)4/h8-13,15,18-20H,5-7,14H2,1-4H3/t15-,18+,19-,20+/m0/s1. The van der Waals surface area contributed by atoms with Crippen LogP contribution in [0.25, 0.3) is 5.57 Å². The second-order valence-corrected chi connectivity index (χ2v) is 11.8. The Morgan fingerprint density at radius 3 is 2.35 bits per heavy atom. The fourth-order valence-corrected chi connectivity index (χ4v) is 6.90. The molecule has 2 aliphatic rings. The van der Waals surface area contributed by atoms with E-state index in [0.717, 1.165) is 6.42 Å². The topological polar surface area (TPSA) is 21.8 Å². The predicted molar refractivity (Wildman–Crippen MR) is 98.9 cm³/mol. The van der Waals surface area contributed by atoms with E-state index in [0.29, 0.717) is 18.1 Å². The molecule has 0 saturated carbocycles. The zero-order valence-corrected chi connectivity index (χ0v) is 15.9. The minimum atomic E-state index is -1.57. The molecule has 0 aromatic heterocycles. The Morgan fingerprint density at radius 2 is 1.74 bits per heavy atom. The summed E-state index contributed by atoms with van der Waals surface area (Å²) in [5.74, 6) is 0.481. The van der Waals surface area contributed by atoms with Crippen molar-refractivity contribution in [2.24, 2.45) is 5.92 Å². The molecule has 0 unspecified atom stereocenters. The summed E-state index contributed by atoms with van der Waals surface area (Å²) in [6.45, 7) is 9.24. The highest BCUT2D eigenvalue weighted by molar-refractivity contribution is 6.73. The second kappa shape index (κ2) is 6.92. The van der Waals surface area contributed by atoms with Crippen molar-refractivity contribution in [1.82, 2.24) is 0 Å².